The molecule has 1 N–H and O–H groups in total. The highest BCUT2D eigenvalue weighted by Gasteiger charge is 2.40. The van der Waals surface area contributed by atoms with E-state index in [0.717, 1.165) is 25.6 Å². The standard InChI is InChI=1S/C20H33F3N2OSi/c1-19(2,3)27(5,6)26-17-10-11-25(13-17)14-18(24-4)15-8-7-9-16(12-15)20(21,22)23/h7-9,12,17-18,24H,10-11,13-14H2,1-6H3/t17?,18-/m1/s1. The summed E-state index contributed by atoms with van der Waals surface area (Å²) in [5.41, 5.74) is 0.0712. The van der Waals surface area contributed by atoms with Crippen LogP contribution in [-0.4, -0.2) is 46.0 Å². The van der Waals surface area contributed by atoms with Crippen molar-refractivity contribution in [3.05, 3.63) is 35.4 Å². The third-order valence-corrected chi connectivity index (χ3v) is 10.4. The van der Waals surface area contributed by atoms with Crippen molar-refractivity contribution in [2.24, 2.45) is 0 Å². The Hall–Kier alpha value is -0.893. The Balaban J connectivity index is 2.00. The Morgan fingerprint density at radius 3 is 2.48 bits per heavy atom. The summed E-state index contributed by atoms with van der Waals surface area (Å²) in [4.78, 5) is 2.29. The highest BCUT2D eigenvalue weighted by atomic mass is 28.4. The molecular weight excluding hydrogens is 369 g/mol. The van der Waals surface area contributed by atoms with Crippen molar-refractivity contribution < 1.29 is 17.6 Å². The number of rotatable bonds is 6. The van der Waals surface area contributed by atoms with Crippen molar-refractivity contribution in [1.29, 1.82) is 0 Å². The second-order valence-corrected chi connectivity index (χ2v) is 13.8. The zero-order valence-electron chi connectivity index (χ0n) is 17.3. The van der Waals surface area contributed by atoms with Gasteiger partial charge in [0.1, 0.15) is 0 Å². The Bertz CT molecular complexity index is 628. The van der Waals surface area contributed by atoms with Gasteiger partial charge in [0.25, 0.3) is 0 Å². The van der Waals surface area contributed by atoms with Crippen LogP contribution in [0, 0.1) is 0 Å². The minimum Gasteiger partial charge on any atom is -0.413 e. The number of likely N-dealkylation sites (tertiary alicyclic amines) is 1. The number of nitrogens with one attached hydrogen (secondary N) is 1. The number of hydrogen-bond acceptors (Lipinski definition) is 3. The maximum atomic E-state index is 13.0. The van der Waals surface area contributed by atoms with Gasteiger partial charge in [-0.2, -0.15) is 13.2 Å². The lowest BCUT2D eigenvalue weighted by molar-refractivity contribution is -0.137. The first-order chi connectivity index (χ1) is 12.3. The summed E-state index contributed by atoms with van der Waals surface area (Å²) in [7, 11) is -0.0112. The molecule has 154 valence electrons. The number of nitrogens with zero attached hydrogens (tertiary/aromatic N) is 1. The third-order valence-electron chi connectivity index (χ3n) is 5.90. The lowest BCUT2D eigenvalue weighted by Gasteiger charge is -2.38. The maximum Gasteiger partial charge on any atom is 0.416 e. The highest BCUT2D eigenvalue weighted by Crippen LogP contribution is 2.38. The molecule has 0 saturated carbocycles. The van der Waals surface area contributed by atoms with Crippen molar-refractivity contribution in [3.8, 4) is 0 Å². The molecule has 1 saturated heterocycles. The Kier molecular flexibility index (Phi) is 6.83. The van der Waals surface area contributed by atoms with Crippen molar-refractivity contribution in [1.82, 2.24) is 10.2 Å². The van der Waals surface area contributed by atoms with Gasteiger partial charge in [-0.25, -0.2) is 0 Å². The van der Waals surface area contributed by atoms with E-state index in [2.05, 4.69) is 44.1 Å². The van der Waals surface area contributed by atoms with E-state index in [4.69, 9.17) is 4.43 Å². The molecule has 1 fully saturated rings. The van der Waals surface area contributed by atoms with Gasteiger partial charge < -0.3 is 9.74 Å². The van der Waals surface area contributed by atoms with Gasteiger partial charge in [0.2, 0.25) is 0 Å². The molecule has 3 nitrogen and oxygen atoms in total. The normalized spacial score (nSPS) is 20.9. The van der Waals surface area contributed by atoms with E-state index in [1.54, 1.807) is 13.1 Å². The zero-order chi connectivity index (χ0) is 20.5. The molecule has 27 heavy (non-hydrogen) atoms. The molecule has 7 heteroatoms. The van der Waals surface area contributed by atoms with Crippen molar-refractivity contribution in [2.75, 3.05) is 26.7 Å². The molecule has 1 aromatic rings. The number of halogens is 3. The van der Waals surface area contributed by atoms with Crippen LogP contribution in [0.4, 0.5) is 13.2 Å². The molecule has 2 atom stereocenters. The molecule has 0 aliphatic carbocycles. The highest BCUT2D eigenvalue weighted by molar-refractivity contribution is 6.74. The van der Waals surface area contributed by atoms with Crippen molar-refractivity contribution in [3.63, 3.8) is 0 Å². The molecule has 2 rings (SSSR count). The van der Waals surface area contributed by atoms with E-state index in [-0.39, 0.29) is 17.2 Å². The van der Waals surface area contributed by atoms with Crippen LogP contribution in [0.15, 0.2) is 24.3 Å². The number of likely N-dealkylation sites (N-methyl/N-ethyl adjacent to an activating group) is 1. The average Bonchev–Trinajstić information content (AvgIpc) is 2.97. The first kappa shape index (κ1) is 22.4. The van der Waals surface area contributed by atoms with E-state index >= 15 is 0 Å². The van der Waals surface area contributed by atoms with Crippen LogP contribution in [0.2, 0.25) is 18.1 Å². The van der Waals surface area contributed by atoms with Crippen LogP contribution < -0.4 is 5.32 Å². The van der Waals surface area contributed by atoms with Gasteiger partial charge in [0.05, 0.1) is 11.7 Å². The van der Waals surface area contributed by atoms with Crippen molar-refractivity contribution >= 4 is 8.32 Å². The minimum absolute atomic E-state index is 0.140. The zero-order valence-corrected chi connectivity index (χ0v) is 18.3. The van der Waals surface area contributed by atoms with Gasteiger partial charge >= 0.3 is 6.18 Å². The Morgan fingerprint density at radius 1 is 1.26 bits per heavy atom. The average molecular weight is 403 g/mol. The largest absolute Gasteiger partial charge is 0.416 e. The van der Waals surface area contributed by atoms with Crippen LogP contribution in [-0.2, 0) is 10.6 Å². The summed E-state index contributed by atoms with van der Waals surface area (Å²) in [6, 6.07) is 5.47. The summed E-state index contributed by atoms with van der Waals surface area (Å²) in [5.74, 6) is 0. The summed E-state index contributed by atoms with van der Waals surface area (Å²) >= 11 is 0. The molecule has 1 aliphatic rings. The van der Waals surface area contributed by atoms with E-state index in [1.165, 1.54) is 12.1 Å². The van der Waals surface area contributed by atoms with Gasteiger partial charge in [0.15, 0.2) is 8.32 Å². The Morgan fingerprint density at radius 2 is 1.93 bits per heavy atom. The second-order valence-electron chi connectivity index (χ2n) is 9.01. The molecule has 1 aromatic carbocycles. The summed E-state index contributed by atoms with van der Waals surface area (Å²) in [5, 5.41) is 3.34. The van der Waals surface area contributed by atoms with Crippen molar-refractivity contribution in [2.45, 2.75) is 63.6 Å². The van der Waals surface area contributed by atoms with Crippen LogP contribution >= 0.6 is 0 Å². The molecule has 0 aromatic heterocycles. The fourth-order valence-corrected chi connectivity index (χ4v) is 4.59. The second kappa shape index (κ2) is 8.23. The molecule has 1 unspecified atom stereocenters. The predicted octanol–water partition coefficient (Wildman–Crippen LogP) is 5.06. The topological polar surface area (TPSA) is 24.5 Å². The summed E-state index contributed by atoms with van der Waals surface area (Å²) in [6.07, 6.45) is -3.12. The summed E-state index contributed by atoms with van der Waals surface area (Å²) < 4.78 is 45.5. The molecule has 0 amide bonds. The Labute approximate surface area is 162 Å². The monoisotopic (exact) mass is 402 g/mol. The van der Waals surface area contributed by atoms with Crippen LogP contribution in [0.3, 0.4) is 0 Å². The van der Waals surface area contributed by atoms with E-state index < -0.39 is 20.1 Å². The minimum atomic E-state index is -4.32. The van der Waals surface area contributed by atoms with Gasteiger partial charge in [-0.1, -0.05) is 32.9 Å². The number of alkyl halides is 3. The lowest BCUT2D eigenvalue weighted by atomic mass is 10.0. The lowest BCUT2D eigenvalue weighted by Crippen LogP contribution is -2.44. The number of benzene rings is 1. The van der Waals surface area contributed by atoms with Gasteiger partial charge in [-0.3, -0.25) is 4.90 Å². The van der Waals surface area contributed by atoms with Gasteiger partial charge in [-0.15, -0.1) is 0 Å². The summed E-state index contributed by atoms with van der Waals surface area (Å²) in [6.45, 7) is 13.6. The predicted molar refractivity (Wildman–Crippen MR) is 106 cm³/mol. The van der Waals surface area contributed by atoms with E-state index in [0.29, 0.717) is 12.1 Å². The molecule has 0 spiro atoms. The quantitative estimate of drug-likeness (QED) is 0.673. The van der Waals surface area contributed by atoms with Gasteiger partial charge in [-0.05, 0) is 49.3 Å². The third kappa shape index (κ3) is 5.79. The smallest absolute Gasteiger partial charge is 0.413 e. The first-order valence-electron chi connectivity index (χ1n) is 9.58. The number of hydrogen-bond donors (Lipinski definition) is 1. The fraction of sp³-hybridized carbons (Fsp3) is 0.700. The maximum absolute atomic E-state index is 13.0. The van der Waals surface area contributed by atoms with E-state index in [1.807, 2.05) is 0 Å². The molecule has 1 heterocycles. The SMILES string of the molecule is CN[C@H](CN1CCC(O[Si](C)(C)C(C)(C)C)C1)c1cccc(C(F)(F)F)c1. The fourth-order valence-electron chi connectivity index (χ4n) is 3.21. The van der Waals surface area contributed by atoms with Crippen LogP contribution in [0.25, 0.3) is 0 Å². The van der Waals surface area contributed by atoms with Crippen LogP contribution in [0.1, 0.15) is 44.4 Å². The van der Waals surface area contributed by atoms with Crippen LogP contribution in [0.5, 0.6) is 0 Å². The van der Waals surface area contributed by atoms with E-state index in [9.17, 15) is 13.2 Å². The first-order valence-corrected chi connectivity index (χ1v) is 12.5. The van der Waals surface area contributed by atoms with Gasteiger partial charge in [0, 0.05) is 25.7 Å². The molecule has 0 bridgehead atoms. The molecular formula is C20H33F3N2OSi. The molecule has 0 radical (unpaired) electrons. The molecule has 1 aliphatic heterocycles.